The van der Waals surface area contributed by atoms with Crippen LogP contribution in [0.5, 0.6) is 0 Å². The highest BCUT2D eigenvalue weighted by Crippen LogP contribution is 2.06. The highest BCUT2D eigenvalue weighted by molar-refractivity contribution is 5.81. The molecular weight excluding hydrogens is 114 g/mol. The summed E-state index contributed by atoms with van der Waals surface area (Å²) in [5.41, 5.74) is 0.990. The van der Waals surface area contributed by atoms with Crippen LogP contribution in [-0.2, 0) is 0 Å². The summed E-state index contributed by atoms with van der Waals surface area (Å²) in [7, 11) is 0. The Hall–Kier alpha value is -1.05. The molecule has 0 heterocycles. The van der Waals surface area contributed by atoms with E-state index in [0.717, 1.165) is 18.4 Å². The van der Waals surface area contributed by atoms with E-state index in [1.165, 1.54) is 6.21 Å². The minimum atomic E-state index is 0.990. The summed E-state index contributed by atoms with van der Waals surface area (Å²) in [5.74, 6) is 0. The van der Waals surface area contributed by atoms with Crippen molar-refractivity contribution in [3.05, 3.63) is 23.8 Å². The predicted octanol–water partition coefficient (Wildman–Crippen LogP) is 1.72. The van der Waals surface area contributed by atoms with E-state index in [0.29, 0.717) is 0 Å². The molecule has 0 atom stereocenters. The van der Waals surface area contributed by atoms with Crippen LogP contribution in [0.4, 0.5) is 0 Å². The second kappa shape index (κ2) is 3.07. The first kappa shape index (κ1) is 6.08. The quantitative estimate of drug-likeness (QED) is 0.321. The lowest BCUT2D eigenvalue weighted by molar-refractivity contribution is 0.322. The molecule has 2 nitrogen and oxygen atoms in total. The van der Waals surface area contributed by atoms with Gasteiger partial charge in [-0.1, -0.05) is 23.4 Å². The lowest BCUT2D eigenvalue weighted by Gasteiger charge is -1.97. The van der Waals surface area contributed by atoms with E-state index in [1.54, 1.807) is 0 Å². The van der Waals surface area contributed by atoms with Crippen molar-refractivity contribution in [2.24, 2.45) is 5.16 Å². The van der Waals surface area contributed by atoms with Gasteiger partial charge in [0.1, 0.15) is 0 Å². The molecule has 0 unspecified atom stereocenters. The first-order valence-corrected chi connectivity index (χ1v) is 2.97. The Labute approximate surface area is 54.2 Å². The maximum atomic E-state index is 8.11. The van der Waals surface area contributed by atoms with Crippen LogP contribution >= 0.6 is 0 Å². The molecule has 1 rings (SSSR count). The SMILES string of the molecule is ON=CC1=CCCC=C1. The van der Waals surface area contributed by atoms with Gasteiger partial charge in [-0.3, -0.25) is 0 Å². The van der Waals surface area contributed by atoms with Gasteiger partial charge in [-0.25, -0.2) is 0 Å². The van der Waals surface area contributed by atoms with Gasteiger partial charge in [0.25, 0.3) is 0 Å². The van der Waals surface area contributed by atoms with Gasteiger partial charge in [-0.2, -0.15) is 0 Å². The van der Waals surface area contributed by atoms with Crippen molar-refractivity contribution in [2.75, 3.05) is 0 Å². The molecule has 9 heavy (non-hydrogen) atoms. The fourth-order valence-electron chi connectivity index (χ4n) is 0.796. The molecule has 1 aliphatic rings. The van der Waals surface area contributed by atoms with E-state index in [9.17, 15) is 0 Å². The molecule has 2 heteroatoms. The molecule has 0 fully saturated rings. The fraction of sp³-hybridized carbons (Fsp3) is 0.286. The van der Waals surface area contributed by atoms with Crippen LogP contribution in [0.1, 0.15) is 12.8 Å². The molecule has 0 amide bonds. The molecule has 1 aliphatic carbocycles. The topological polar surface area (TPSA) is 32.6 Å². The van der Waals surface area contributed by atoms with Gasteiger partial charge in [0.05, 0.1) is 6.21 Å². The Bertz CT molecular complexity index is 164. The molecule has 0 aromatic heterocycles. The normalized spacial score (nSPS) is 18.4. The van der Waals surface area contributed by atoms with Gasteiger partial charge in [-0.05, 0) is 18.4 Å². The van der Waals surface area contributed by atoms with E-state index in [1.807, 2.05) is 12.2 Å². The molecule has 0 radical (unpaired) electrons. The minimum absolute atomic E-state index is 0.990. The zero-order chi connectivity index (χ0) is 6.53. The monoisotopic (exact) mass is 123 g/mol. The van der Waals surface area contributed by atoms with Crippen LogP contribution in [0.2, 0.25) is 0 Å². The van der Waals surface area contributed by atoms with E-state index in [-0.39, 0.29) is 0 Å². The van der Waals surface area contributed by atoms with Crippen molar-refractivity contribution in [1.82, 2.24) is 0 Å². The fourth-order valence-corrected chi connectivity index (χ4v) is 0.796. The second-order valence-corrected chi connectivity index (χ2v) is 1.93. The summed E-state index contributed by atoms with van der Waals surface area (Å²) in [6.07, 6.45) is 9.65. The summed E-state index contributed by atoms with van der Waals surface area (Å²) < 4.78 is 0. The molecule has 0 bridgehead atoms. The molecule has 0 aromatic carbocycles. The van der Waals surface area contributed by atoms with Crippen molar-refractivity contribution >= 4 is 6.21 Å². The maximum absolute atomic E-state index is 8.11. The average molecular weight is 123 g/mol. The molecule has 48 valence electrons. The number of hydrogen-bond donors (Lipinski definition) is 1. The zero-order valence-corrected chi connectivity index (χ0v) is 5.12. The molecule has 0 aromatic rings. The zero-order valence-electron chi connectivity index (χ0n) is 5.12. The first-order valence-electron chi connectivity index (χ1n) is 2.97. The van der Waals surface area contributed by atoms with Crippen molar-refractivity contribution < 1.29 is 5.21 Å². The number of oxime groups is 1. The molecule has 0 spiro atoms. The summed E-state index contributed by atoms with van der Waals surface area (Å²) in [6.45, 7) is 0. The van der Waals surface area contributed by atoms with Crippen LogP contribution in [0.25, 0.3) is 0 Å². The van der Waals surface area contributed by atoms with Crippen LogP contribution in [0.15, 0.2) is 29.0 Å². The van der Waals surface area contributed by atoms with Crippen molar-refractivity contribution in [3.63, 3.8) is 0 Å². The Morgan fingerprint density at radius 2 is 2.44 bits per heavy atom. The van der Waals surface area contributed by atoms with Crippen LogP contribution in [-0.4, -0.2) is 11.4 Å². The predicted molar refractivity (Wildman–Crippen MR) is 36.7 cm³/mol. The third kappa shape index (κ3) is 1.72. The Morgan fingerprint density at radius 3 is 3.00 bits per heavy atom. The Balaban J connectivity index is 2.58. The standard InChI is InChI=1S/C7H9NO/c9-8-6-7-4-2-1-3-5-7/h2,4-6,9H,1,3H2. The largest absolute Gasteiger partial charge is 0.411 e. The molecule has 0 aliphatic heterocycles. The summed E-state index contributed by atoms with van der Waals surface area (Å²) in [6, 6.07) is 0. The molecule has 1 N–H and O–H groups in total. The number of hydrogen-bond acceptors (Lipinski definition) is 2. The molecular formula is C7H9NO. The van der Waals surface area contributed by atoms with E-state index >= 15 is 0 Å². The van der Waals surface area contributed by atoms with Gasteiger partial charge in [0.2, 0.25) is 0 Å². The molecule has 0 saturated heterocycles. The van der Waals surface area contributed by atoms with Crippen molar-refractivity contribution in [1.29, 1.82) is 0 Å². The van der Waals surface area contributed by atoms with E-state index in [4.69, 9.17) is 5.21 Å². The summed E-state index contributed by atoms with van der Waals surface area (Å²) in [5, 5.41) is 11.0. The summed E-state index contributed by atoms with van der Waals surface area (Å²) >= 11 is 0. The van der Waals surface area contributed by atoms with Gasteiger partial charge >= 0.3 is 0 Å². The Kier molecular flexibility index (Phi) is 2.07. The van der Waals surface area contributed by atoms with Gasteiger partial charge < -0.3 is 5.21 Å². The van der Waals surface area contributed by atoms with E-state index < -0.39 is 0 Å². The minimum Gasteiger partial charge on any atom is -0.411 e. The highest BCUT2D eigenvalue weighted by Gasteiger charge is 1.91. The van der Waals surface area contributed by atoms with Crippen LogP contribution in [0.3, 0.4) is 0 Å². The smallest absolute Gasteiger partial charge is 0.0730 e. The molecule has 0 saturated carbocycles. The maximum Gasteiger partial charge on any atom is 0.0730 e. The highest BCUT2D eigenvalue weighted by atomic mass is 16.4. The third-order valence-electron chi connectivity index (χ3n) is 1.23. The first-order chi connectivity index (χ1) is 4.43. The van der Waals surface area contributed by atoms with Crippen LogP contribution in [0, 0.1) is 0 Å². The van der Waals surface area contributed by atoms with Crippen molar-refractivity contribution in [3.8, 4) is 0 Å². The lowest BCUT2D eigenvalue weighted by Crippen LogP contribution is -1.84. The average Bonchev–Trinajstić information content (AvgIpc) is 1.91. The van der Waals surface area contributed by atoms with Gasteiger partial charge in [0.15, 0.2) is 0 Å². The third-order valence-corrected chi connectivity index (χ3v) is 1.23. The Morgan fingerprint density at radius 1 is 1.56 bits per heavy atom. The van der Waals surface area contributed by atoms with Crippen molar-refractivity contribution in [2.45, 2.75) is 12.8 Å². The van der Waals surface area contributed by atoms with E-state index in [2.05, 4.69) is 11.2 Å². The number of nitrogens with zero attached hydrogens (tertiary/aromatic N) is 1. The van der Waals surface area contributed by atoms with Gasteiger partial charge in [-0.15, -0.1) is 0 Å². The van der Waals surface area contributed by atoms with Gasteiger partial charge in [0, 0.05) is 0 Å². The second-order valence-electron chi connectivity index (χ2n) is 1.93. The summed E-state index contributed by atoms with van der Waals surface area (Å²) in [4.78, 5) is 0. The number of allylic oxidation sites excluding steroid dienone is 4. The lowest BCUT2D eigenvalue weighted by atomic mass is 10.1. The number of rotatable bonds is 1. The van der Waals surface area contributed by atoms with Crippen LogP contribution < -0.4 is 0 Å².